The molecule has 0 spiro atoms. The van der Waals surface area contributed by atoms with E-state index in [1.165, 1.54) is 12.1 Å². The topological polar surface area (TPSA) is 24.1 Å². The van der Waals surface area contributed by atoms with Crippen LogP contribution in [0.4, 0.5) is 18.9 Å². The molecule has 2 aromatic rings. The van der Waals surface area contributed by atoms with Crippen molar-refractivity contribution in [3.63, 3.8) is 0 Å². The normalized spacial score (nSPS) is 12.6. The molecule has 24 heavy (non-hydrogen) atoms. The Kier molecular flexibility index (Phi) is 5.72. The van der Waals surface area contributed by atoms with Crippen LogP contribution < -0.4 is 10.6 Å². The summed E-state index contributed by atoms with van der Waals surface area (Å²) in [6.45, 7) is 3.91. The van der Waals surface area contributed by atoms with Crippen molar-refractivity contribution in [3.8, 4) is 0 Å². The molecule has 7 heteroatoms. The SMILES string of the molecule is Cc1ccccc1[C@@H](C)NC(=S)Nc1ccc(Cl)c(C(F)(F)F)c1. The number of nitrogens with one attached hydrogen (secondary N) is 2. The first-order chi connectivity index (χ1) is 11.2. The van der Waals surface area contributed by atoms with E-state index in [0.29, 0.717) is 0 Å². The van der Waals surface area contributed by atoms with E-state index >= 15 is 0 Å². The van der Waals surface area contributed by atoms with Crippen molar-refractivity contribution in [3.05, 3.63) is 64.2 Å². The van der Waals surface area contributed by atoms with Crippen LogP contribution in [-0.2, 0) is 6.18 Å². The molecule has 0 saturated heterocycles. The zero-order valence-electron chi connectivity index (χ0n) is 13.0. The third kappa shape index (κ3) is 4.61. The molecule has 0 bridgehead atoms. The summed E-state index contributed by atoms with van der Waals surface area (Å²) in [5.74, 6) is 0. The summed E-state index contributed by atoms with van der Waals surface area (Å²) in [6.07, 6.45) is -4.52. The van der Waals surface area contributed by atoms with E-state index in [1.54, 1.807) is 0 Å². The lowest BCUT2D eigenvalue weighted by atomic mass is 10.0. The predicted octanol–water partition coefficient (Wildman–Crippen LogP) is 5.71. The highest BCUT2D eigenvalue weighted by Gasteiger charge is 2.33. The minimum absolute atomic E-state index is 0.0828. The molecule has 1 atom stereocenters. The van der Waals surface area contributed by atoms with Gasteiger partial charge in [-0.15, -0.1) is 0 Å². The minimum Gasteiger partial charge on any atom is -0.356 e. The summed E-state index contributed by atoms with van der Waals surface area (Å²) < 4.78 is 38.6. The zero-order chi connectivity index (χ0) is 17.9. The van der Waals surface area contributed by atoms with E-state index in [0.717, 1.165) is 17.2 Å². The van der Waals surface area contributed by atoms with Gasteiger partial charge in [-0.05, 0) is 55.4 Å². The molecule has 2 N–H and O–H groups in total. The van der Waals surface area contributed by atoms with E-state index in [-0.39, 0.29) is 21.9 Å². The van der Waals surface area contributed by atoms with Crippen LogP contribution in [0.3, 0.4) is 0 Å². The fraction of sp³-hybridized carbons (Fsp3) is 0.235. The Morgan fingerprint density at radius 1 is 1.17 bits per heavy atom. The fourth-order valence-corrected chi connectivity index (χ4v) is 2.85. The Morgan fingerprint density at radius 3 is 2.46 bits per heavy atom. The molecule has 0 unspecified atom stereocenters. The highest BCUT2D eigenvalue weighted by Crippen LogP contribution is 2.36. The molecule has 2 aromatic carbocycles. The van der Waals surface area contributed by atoms with E-state index in [1.807, 2.05) is 38.1 Å². The number of anilines is 1. The van der Waals surface area contributed by atoms with Crippen molar-refractivity contribution in [2.24, 2.45) is 0 Å². The van der Waals surface area contributed by atoms with E-state index in [4.69, 9.17) is 23.8 Å². The van der Waals surface area contributed by atoms with E-state index in [2.05, 4.69) is 10.6 Å². The minimum atomic E-state index is -4.52. The average molecular weight is 373 g/mol. The van der Waals surface area contributed by atoms with Gasteiger partial charge in [-0.3, -0.25) is 0 Å². The van der Waals surface area contributed by atoms with Crippen molar-refractivity contribution >= 4 is 34.6 Å². The van der Waals surface area contributed by atoms with Crippen LogP contribution >= 0.6 is 23.8 Å². The van der Waals surface area contributed by atoms with Gasteiger partial charge in [0.05, 0.1) is 16.6 Å². The molecule has 2 nitrogen and oxygen atoms in total. The third-order valence-corrected chi connectivity index (χ3v) is 4.08. The Balaban J connectivity index is 2.09. The van der Waals surface area contributed by atoms with Crippen molar-refractivity contribution in [1.29, 1.82) is 0 Å². The fourth-order valence-electron chi connectivity index (χ4n) is 2.33. The van der Waals surface area contributed by atoms with Gasteiger partial charge in [0.2, 0.25) is 0 Å². The molecule has 0 saturated carbocycles. The summed E-state index contributed by atoms with van der Waals surface area (Å²) in [7, 11) is 0. The number of benzene rings is 2. The number of rotatable bonds is 3. The summed E-state index contributed by atoms with van der Waals surface area (Å²) in [5, 5.41) is 5.72. The molecule has 2 rings (SSSR count). The first kappa shape index (κ1) is 18.5. The number of alkyl halides is 3. The van der Waals surface area contributed by atoms with Crippen LogP contribution in [-0.4, -0.2) is 5.11 Å². The first-order valence-electron chi connectivity index (χ1n) is 7.18. The maximum Gasteiger partial charge on any atom is 0.417 e. The van der Waals surface area contributed by atoms with Crippen LogP contribution in [0.1, 0.15) is 29.7 Å². The number of aryl methyl sites for hydroxylation is 1. The van der Waals surface area contributed by atoms with Crippen LogP contribution in [0.15, 0.2) is 42.5 Å². The largest absolute Gasteiger partial charge is 0.417 e. The molecule has 0 amide bonds. The zero-order valence-corrected chi connectivity index (χ0v) is 14.6. The maximum absolute atomic E-state index is 12.9. The Morgan fingerprint density at radius 2 is 1.83 bits per heavy atom. The smallest absolute Gasteiger partial charge is 0.356 e. The van der Waals surface area contributed by atoms with Gasteiger partial charge in [-0.25, -0.2) is 0 Å². The molecule has 0 aliphatic heterocycles. The Hall–Kier alpha value is -1.79. The van der Waals surface area contributed by atoms with Gasteiger partial charge < -0.3 is 10.6 Å². The van der Waals surface area contributed by atoms with Gasteiger partial charge >= 0.3 is 6.18 Å². The van der Waals surface area contributed by atoms with Gasteiger partial charge in [0.25, 0.3) is 0 Å². The van der Waals surface area contributed by atoms with Crippen molar-refractivity contribution in [2.75, 3.05) is 5.32 Å². The second kappa shape index (κ2) is 7.40. The van der Waals surface area contributed by atoms with Crippen molar-refractivity contribution in [1.82, 2.24) is 5.32 Å². The molecule has 0 radical (unpaired) electrons. The quantitative estimate of drug-likeness (QED) is 0.674. The van der Waals surface area contributed by atoms with Gasteiger partial charge in [0.1, 0.15) is 0 Å². The second-order valence-electron chi connectivity index (χ2n) is 5.37. The Bertz CT molecular complexity index is 747. The van der Waals surface area contributed by atoms with Crippen LogP contribution in [0, 0.1) is 6.92 Å². The predicted molar refractivity (Wildman–Crippen MR) is 95.4 cm³/mol. The maximum atomic E-state index is 12.9. The summed E-state index contributed by atoms with van der Waals surface area (Å²) in [6, 6.07) is 11.3. The van der Waals surface area contributed by atoms with Crippen LogP contribution in [0.25, 0.3) is 0 Å². The number of thiocarbonyl (C=S) groups is 1. The lowest BCUT2D eigenvalue weighted by Crippen LogP contribution is -2.31. The lowest BCUT2D eigenvalue weighted by Gasteiger charge is -2.19. The average Bonchev–Trinajstić information content (AvgIpc) is 2.48. The van der Waals surface area contributed by atoms with Gasteiger partial charge in [-0.2, -0.15) is 13.2 Å². The molecule has 0 fully saturated rings. The molecular formula is C17H16ClF3N2S. The summed E-state index contributed by atoms with van der Waals surface area (Å²) in [5.41, 5.74) is 1.49. The highest BCUT2D eigenvalue weighted by molar-refractivity contribution is 7.80. The highest BCUT2D eigenvalue weighted by atomic mass is 35.5. The molecule has 0 aliphatic rings. The van der Waals surface area contributed by atoms with Gasteiger partial charge in [0, 0.05) is 5.69 Å². The first-order valence-corrected chi connectivity index (χ1v) is 7.97. The van der Waals surface area contributed by atoms with Gasteiger partial charge in [-0.1, -0.05) is 35.9 Å². The number of hydrogen-bond donors (Lipinski definition) is 2. The van der Waals surface area contributed by atoms with E-state index in [9.17, 15) is 13.2 Å². The van der Waals surface area contributed by atoms with Crippen molar-refractivity contribution in [2.45, 2.75) is 26.1 Å². The standard InChI is InChI=1S/C17H16ClF3N2S/c1-10-5-3-4-6-13(10)11(2)22-16(24)23-12-7-8-15(18)14(9-12)17(19,20)21/h3-9,11H,1-2H3,(H2,22,23,24)/t11-/m1/s1. The Labute approximate surface area is 149 Å². The summed E-state index contributed by atoms with van der Waals surface area (Å²) in [4.78, 5) is 0. The van der Waals surface area contributed by atoms with Gasteiger partial charge in [0.15, 0.2) is 5.11 Å². The molecular weight excluding hydrogens is 357 g/mol. The lowest BCUT2D eigenvalue weighted by molar-refractivity contribution is -0.137. The van der Waals surface area contributed by atoms with Crippen molar-refractivity contribution < 1.29 is 13.2 Å². The third-order valence-electron chi connectivity index (χ3n) is 3.53. The molecule has 128 valence electrons. The number of hydrogen-bond acceptors (Lipinski definition) is 1. The molecule has 0 aromatic heterocycles. The van der Waals surface area contributed by atoms with E-state index < -0.39 is 11.7 Å². The number of halogens is 4. The second-order valence-corrected chi connectivity index (χ2v) is 6.18. The molecule has 0 aliphatic carbocycles. The van der Waals surface area contributed by atoms with Crippen LogP contribution in [0.2, 0.25) is 5.02 Å². The molecule has 0 heterocycles. The van der Waals surface area contributed by atoms with Crippen LogP contribution in [0.5, 0.6) is 0 Å². The monoisotopic (exact) mass is 372 g/mol. The summed E-state index contributed by atoms with van der Waals surface area (Å²) >= 11 is 10.8.